The summed E-state index contributed by atoms with van der Waals surface area (Å²) in [6.45, 7) is 0. The Kier molecular flexibility index (Phi) is 3.75. The second-order valence-corrected chi connectivity index (χ2v) is 5.49. The van der Waals surface area contributed by atoms with Crippen LogP contribution in [0.15, 0.2) is 41.4 Å². The van der Waals surface area contributed by atoms with Crippen LogP contribution in [0.4, 0.5) is 15.9 Å². The van der Waals surface area contributed by atoms with Gasteiger partial charge in [0.25, 0.3) is 10.0 Å². The highest BCUT2D eigenvalue weighted by atomic mass is 32.2. The Bertz CT molecular complexity index is 734. The van der Waals surface area contributed by atoms with Crippen molar-refractivity contribution in [2.75, 3.05) is 17.6 Å². The molecule has 0 aliphatic carbocycles. The van der Waals surface area contributed by atoms with E-state index in [0.29, 0.717) is 5.75 Å². The smallest absolute Gasteiger partial charge is 0.265 e. The molecule has 0 spiro atoms. The molecule has 0 fully saturated rings. The Morgan fingerprint density at radius 3 is 2.75 bits per heavy atom. The number of benzene rings is 1. The Balaban J connectivity index is 2.41. The highest BCUT2D eigenvalue weighted by Gasteiger charge is 2.19. The largest absolute Gasteiger partial charge is 0.497 e. The molecule has 0 amide bonds. The predicted octanol–water partition coefficient (Wildman–Crippen LogP) is 1.61. The van der Waals surface area contributed by atoms with Crippen molar-refractivity contribution >= 4 is 21.5 Å². The van der Waals surface area contributed by atoms with Gasteiger partial charge in [0.1, 0.15) is 22.3 Å². The lowest BCUT2D eigenvalue weighted by Crippen LogP contribution is -2.16. The lowest BCUT2D eigenvalue weighted by molar-refractivity contribution is 0.414. The summed E-state index contributed by atoms with van der Waals surface area (Å²) in [5, 5.41) is 0. The van der Waals surface area contributed by atoms with E-state index in [2.05, 4.69) is 9.71 Å². The van der Waals surface area contributed by atoms with E-state index in [0.717, 1.165) is 6.07 Å². The zero-order chi connectivity index (χ0) is 14.8. The van der Waals surface area contributed by atoms with Crippen molar-refractivity contribution in [1.29, 1.82) is 0 Å². The molecular weight excluding hydrogens is 285 g/mol. The number of aromatic nitrogens is 1. The van der Waals surface area contributed by atoms with E-state index in [1.54, 1.807) is 0 Å². The fraction of sp³-hybridized carbons (Fsp3) is 0.0833. The minimum absolute atomic E-state index is 0.164. The van der Waals surface area contributed by atoms with Crippen molar-refractivity contribution in [3.63, 3.8) is 0 Å². The van der Waals surface area contributed by atoms with Crippen LogP contribution in [0.3, 0.4) is 0 Å². The van der Waals surface area contributed by atoms with Crippen molar-refractivity contribution in [3.8, 4) is 5.75 Å². The van der Waals surface area contributed by atoms with Crippen LogP contribution in [0.1, 0.15) is 0 Å². The number of hydrogen-bond donors (Lipinski definition) is 2. The van der Waals surface area contributed by atoms with Gasteiger partial charge in [0.2, 0.25) is 0 Å². The fourth-order valence-corrected chi connectivity index (χ4v) is 2.68. The summed E-state index contributed by atoms with van der Waals surface area (Å²) >= 11 is 0. The van der Waals surface area contributed by atoms with Crippen LogP contribution < -0.4 is 15.2 Å². The molecule has 2 rings (SSSR count). The van der Waals surface area contributed by atoms with Gasteiger partial charge in [-0.15, -0.1) is 0 Å². The van der Waals surface area contributed by atoms with Gasteiger partial charge in [-0.1, -0.05) is 0 Å². The van der Waals surface area contributed by atoms with E-state index in [9.17, 15) is 12.8 Å². The molecule has 3 N–H and O–H groups in total. The Morgan fingerprint density at radius 2 is 2.10 bits per heavy atom. The average Bonchev–Trinajstić information content (AvgIpc) is 2.41. The molecule has 2 aromatic rings. The predicted molar refractivity (Wildman–Crippen MR) is 72.4 cm³/mol. The number of sulfonamides is 1. The molecule has 106 valence electrons. The molecule has 6 nitrogen and oxygen atoms in total. The van der Waals surface area contributed by atoms with Crippen molar-refractivity contribution in [3.05, 3.63) is 42.3 Å². The van der Waals surface area contributed by atoms with Crippen LogP contribution in [-0.4, -0.2) is 20.5 Å². The lowest BCUT2D eigenvalue weighted by atomic mass is 10.3. The molecule has 0 aliphatic rings. The quantitative estimate of drug-likeness (QED) is 0.894. The molecule has 0 unspecified atom stereocenters. The summed E-state index contributed by atoms with van der Waals surface area (Å²) in [6, 6.07) is 6.42. The minimum atomic E-state index is -4.02. The monoisotopic (exact) mass is 297 g/mol. The van der Waals surface area contributed by atoms with Crippen molar-refractivity contribution in [2.24, 2.45) is 0 Å². The first-order valence-corrected chi connectivity index (χ1v) is 6.99. The second-order valence-electron chi connectivity index (χ2n) is 3.84. The van der Waals surface area contributed by atoms with Crippen LogP contribution in [0, 0.1) is 5.82 Å². The summed E-state index contributed by atoms with van der Waals surface area (Å²) in [4.78, 5) is 3.46. The number of nitrogen functional groups attached to an aromatic ring is 1. The van der Waals surface area contributed by atoms with Gasteiger partial charge < -0.3 is 10.5 Å². The molecule has 1 heterocycles. The van der Waals surface area contributed by atoms with Gasteiger partial charge in [0.15, 0.2) is 0 Å². The maximum atomic E-state index is 13.6. The lowest BCUT2D eigenvalue weighted by Gasteiger charge is -2.11. The molecule has 20 heavy (non-hydrogen) atoms. The number of hydrogen-bond acceptors (Lipinski definition) is 5. The van der Waals surface area contributed by atoms with Crippen LogP contribution in [0.2, 0.25) is 0 Å². The first-order chi connectivity index (χ1) is 9.44. The van der Waals surface area contributed by atoms with E-state index >= 15 is 0 Å². The van der Waals surface area contributed by atoms with Crippen molar-refractivity contribution in [1.82, 2.24) is 4.98 Å². The van der Waals surface area contributed by atoms with E-state index in [-0.39, 0.29) is 16.4 Å². The van der Waals surface area contributed by atoms with Gasteiger partial charge in [-0.25, -0.2) is 17.8 Å². The molecule has 0 atom stereocenters. The van der Waals surface area contributed by atoms with Gasteiger partial charge in [0.05, 0.1) is 12.8 Å². The van der Waals surface area contributed by atoms with Crippen LogP contribution in [-0.2, 0) is 10.0 Å². The molecule has 0 bridgehead atoms. The zero-order valence-electron chi connectivity index (χ0n) is 10.5. The number of anilines is 2. The molecule has 1 aromatic heterocycles. The zero-order valence-corrected chi connectivity index (χ0v) is 11.3. The molecule has 0 radical (unpaired) electrons. The third kappa shape index (κ3) is 2.80. The molecule has 8 heteroatoms. The second kappa shape index (κ2) is 5.33. The summed E-state index contributed by atoms with van der Waals surface area (Å²) < 4.78 is 44.9. The maximum absolute atomic E-state index is 13.6. The Hall–Kier alpha value is -2.35. The third-order valence-electron chi connectivity index (χ3n) is 2.51. The molecule has 0 saturated heterocycles. The Labute approximate surface area is 115 Å². The topological polar surface area (TPSA) is 94.3 Å². The molecule has 0 aliphatic heterocycles. The van der Waals surface area contributed by atoms with E-state index in [4.69, 9.17) is 10.5 Å². The standard InChI is InChI=1S/C12H12FN3O3S/c1-19-8-4-5-9(13)10(7-8)16-20(17,18)11-3-2-6-15-12(11)14/h2-7,16H,1H3,(H2,14,15). The molecule has 1 aromatic carbocycles. The first-order valence-electron chi connectivity index (χ1n) is 5.51. The number of nitrogens with one attached hydrogen (secondary N) is 1. The highest BCUT2D eigenvalue weighted by Crippen LogP contribution is 2.25. The summed E-state index contributed by atoms with van der Waals surface area (Å²) in [5.74, 6) is -0.566. The number of pyridine rings is 1. The minimum Gasteiger partial charge on any atom is -0.497 e. The van der Waals surface area contributed by atoms with E-state index < -0.39 is 15.8 Å². The number of nitrogens with two attached hydrogens (primary N) is 1. The van der Waals surface area contributed by atoms with Gasteiger partial charge in [0, 0.05) is 12.3 Å². The van der Waals surface area contributed by atoms with Crippen LogP contribution in [0.5, 0.6) is 5.75 Å². The van der Waals surface area contributed by atoms with Crippen LogP contribution >= 0.6 is 0 Å². The van der Waals surface area contributed by atoms with Gasteiger partial charge in [-0.05, 0) is 24.3 Å². The van der Waals surface area contributed by atoms with Crippen molar-refractivity contribution < 1.29 is 17.5 Å². The van der Waals surface area contributed by atoms with Gasteiger partial charge >= 0.3 is 0 Å². The number of rotatable bonds is 4. The Morgan fingerprint density at radius 1 is 1.35 bits per heavy atom. The summed E-state index contributed by atoms with van der Waals surface area (Å²) in [7, 11) is -2.63. The average molecular weight is 297 g/mol. The van der Waals surface area contributed by atoms with Crippen molar-refractivity contribution in [2.45, 2.75) is 4.90 Å². The first kappa shape index (κ1) is 14.1. The SMILES string of the molecule is COc1ccc(F)c(NS(=O)(=O)c2cccnc2N)c1. The molecular formula is C12H12FN3O3S. The van der Waals surface area contributed by atoms with Gasteiger partial charge in [-0.2, -0.15) is 0 Å². The number of methoxy groups -OCH3 is 1. The number of ether oxygens (including phenoxy) is 1. The normalized spacial score (nSPS) is 11.1. The highest BCUT2D eigenvalue weighted by molar-refractivity contribution is 7.92. The summed E-state index contributed by atoms with van der Waals surface area (Å²) in [5.41, 5.74) is 5.28. The van der Waals surface area contributed by atoms with Crippen LogP contribution in [0.25, 0.3) is 0 Å². The number of nitrogens with zero attached hydrogens (tertiary/aromatic N) is 1. The fourth-order valence-electron chi connectivity index (χ4n) is 1.54. The molecule has 0 saturated carbocycles. The third-order valence-corrected chi connectivity index (χ3v) is 3.92. The van der Waals surface area contributed by atoms with Gasteiger partial charge in [-0.3, -0.25) is 4.72 Å². The van der Waals surface area contributed by atoms with E-state index in [1.165, 1.54) is 37.6 Å². The maximum Gasteiger partial charge on any atom is 0.265 e. The van der Waals surface area contributed by atoms with E-state index in [1.807, 2.05) is 0 Å². The number of halogens is 1. The summed E-state index contributed by atoms with van der Waals surface area (Å²) in [6.07, 6.45) is 1.36.